The van der Waals surface area contributed by atoms with Gasteiger partial charge < -0.3 is 4.42 Å². The van der Waals surface area contributed by atoms with E-state index in [1.165, 1.54) is 0 Å². The molecule has 5 heteroatoms. The lowest BCUT2D eigenvalue weighted by molar-refractivity contribution is 0.0959. The number of rotatable bonds is 3. The van der Waals surface area contributed by atoms with Crippen LogP contribution in [0.25, 0.3) is 11.6 Å². The van der Waals surface area contributed by atoms with Crippen molar-refractivity contribution in [3.05, 3.63) is 59.1 Å². The van der Waals surface area contributed by atoms with E-state index >= 15 is 0 Å². The summed E-state index contributed by atoms with van der Waals surface area (Å²) in [4.78, 5) is 12.8. The molecule has 0 radical (unpaired) electrons. The van der Waals surface area contributed by atoms with E-state index in [9.17, 15) is 4.79 Å². The molecular formula is C17H17N3O2. The maximum atomic E-state index is 12.8. The smallest absolute Gasteiger partial charge is 0.265 e. The molecule has 0 aliphatic heterocycles. The first-order valence-corrected chi connectivity index (χ1v) is 7.23. The van der Waals surface area contributed by atoms with Gasteiger partial charge in [0.2, 0.25) is 5.89 Å². The van der Waals surface area contributed by atoms with Crippen molar-refractivity contribution in [1.82, 2.24) is 14.8 Å². The SMILES string of the molecule is CCc1nnc(-c2c(C)cc(C)n2C(=O)c2ccccc2)o1. The van der Waals surface area contributed by atoms with E-state index < -0.39 is 0 Å². The van der Waals surface area contributed by atoms with Gasteiger partial charge in [0.05, 0.1) is 0 Å². The summed E-state index contributed by atoms with van der Waals surface area (Å²) in [6.07, 6.45) is 0.665. The molecular weight excluding hydrogens is 278 g/mol. The molecule has 1 aromatic carbocycles. The quantitative estimate of drug-likeness (QED) is 0.743. The van der Waals surface area contributed by atoms with Gasteiger partial charge in [0.15, 0.2) is 0 Å². The number of nitrogens with zero attached hydrogens (tertiary/aromatic N) is 3. The first-order chi connectivity index (χ1) is 10.6. The fourth-order valence-corrected chi connectivity index (χ4v) is 2.53. The normalized spacial score (nSPS) is 10.9. The summed E-state index contributed by atoms with van der Waals surface area (Å²) in [7, 11) is 0. The molecule has 0 amide bonds. The predicted molar refractivity (Wildman–Crippen MR) is 82.7 cm³/mol. The zero-order valence-electron chi connectivity index (χ0n) is 12.8. The first kappa shape index (κ1) is 14.3. The number of hydrogen-bond acceptors (Lipinski definition) is 4. The highest BCUT2D eigenvalue weighted by molar-refractivity contribution is 5.99. The molecule has 0 fully saturated rings. The van der Waals surface area contributed by atoms with Gasteiger partial charge in [-0.2, -0.15) is 0 Å². The Bertz CT molecular complexity index is 816. The van der Waals surface area contributed by atoms with Gasteiger partial charge in [-0.05, 0) is 37.6 Å². The highest BCUT2D eigenvalue weighted by Crippen LogP contribution is 2.27. The number of aryl methyl sites for hydroxylation is 3. The van der Waals surface area contributed by atoms with E-state index in [1.54, 1.807) is 16.7 Å². The van der Waals surface area contributed by atoms with Crippen LogP contribution in [0.15, 0.2) is 40.8 Å². The summed E-state index contributed by atoms with van der Waals surface area (Å²) in [5.74, 6) is 0.844. The van der Waals surface area contributed by atoms with Crippen LogP contribution in [-0.4, -0.2) is 20.7 Å². The van der Waals surface area contributed by atoms with Crippen molar-refractivity contribution in [3.63, 3.8) is 0 Å². The van der Waals surface area contributed by atoms with Crippen molar-refractivity contribution in [2.24, 2.45) is 0 Å². The van der Waals surface area contributed by atoms with Crippen molar-refractivity contribution in [3.8, 4) is 11.6 Å². The number of carbonyl (C=O) groups is 1. The van der Waals surface area contributed by atoms with Gasteiger partial charge >= 0.3 is 0 Å². The van der Waals surface area contributed by atoms with Crippen molar-refractivity contribution in [2.75, 3.05) is 0 Å². The molecule has 0 N–H and O–H groups in total. The Morgan fingerprint density at radius 3 is 2.55 bits per heavy atom. The first-order valence-electron chi connectivity index (χ1n) is 7.23. The highest BCUT2D eigenvalue weighted by Gasteiger charge is 2.22. The predicted octanol–water partition coefficient (Wildman–Crippen LogP) is 3.41. The van der Waals surface area contributed by atoms with Crippen molar-refractivity contribution in [1.29, 1.82) is 0 Å². The average molecular weight is 295 g/mol. The molecule has 0 aliphatic rings. The second kappa shape index (κ2) is 5.60. The molecule has 2 aromatic heterocycles. The Labute approximate surface area is 128 Å². The van der Waals surface area contributed by atoms with E-state index in [0.29, 0.717) is 29.5 Å². The van der Waals surface area contributed by atoms with Gasteiger partial charge in [-0.15, -0.1) is 10.2 Å². The Hall–Kier alpha value is -2.69. The van der Waals surface area contributed by atoms with Crippen LogP contribution in [-0.2, 0) is 6.42 Å². The molecule has 0 saturated heterocycles. The average Bonchev–Trinajstić information content (AvgIpc) is 3.11. The third-order valence-electron chi connectivity index (χ3n) is 3.57. The molecule has 0 atom stereocenters. The summed E-state index contributed by atoms with van der Waals surface area (Å²) in [5.41, 5.74) is 3.07. The zero-order chi connectivity index (χ0) is 15.7. The Morgan fingerprint density at radius 2 is 1.91 bits per heavy atom. The summed E-state index contributed by atoms with van der Waals surface area (Å²) < 4.78 is 7.28. The molecule has 112 valence electrons. The summed E-state index contributed by atoms with van der Waals surface area (Å²) in [6.45, 7) is 5.78. The van der Waals surface area contributed by atoms with E-state index in [-0.39, 0.29) is 5.91 Å². The van der Waals surface area contributed by atoms with Gasteiger partial charge in [0.25, 0.3) is 11.8 Å². The maximum Gasteiger partial charge on any atom is 0.265 e. The van der Waals surface area contributed by atoms with Crippen LogP contribution in [0.5, 0.6) is 0 Å². The van der Waals surface area contributed by atoms with Gasteiger partial charge in [0, 0.05) is 17.7 Å². The fraction of sp³-hybridized carbons (Fsp3) is 0.235. The summed E-state index contributed by atoms with van der Waals surface area (Å²) >= 11 is 0. The van der Waals surface area contributed by atoms with Crippen LogP contribution in [0.3, 0.4) is 0 Å². The third kappa shape index (κ3) is 2.35. The van der Waals surface area contributed by atoms with Crippen molar-refractivity contribution >= 4 is 5.91 Å². The van der Waals surface area contributed by atoms with E-state index in [0.717, 1.165) is 11.3 Å². The van der Waals surface area contributed by atoms with Crippen LogP contribution in [0.2, 0.25) is 0 Å². The number of benzene rings is 1. The van der Waals surface area contributed by atoms with Crippen LogP contribution >= 0.6 is 0 Å². The second-order valence-electron chi connectivity index (χ2n) is 5.18. The van der Waals surface area contributed by atoms with Gasteiger partial charge in [0.1, 0.15) is 5.69 Å². The van der Waals surface area contributed by atoms with E-state index in [1.807, 2.05) is 45.0 Å². The van der Waals surface area contributed by atoms with Crippen molar-refractivity contribution in [2.45, 2.75) is 27.2 Å². The number of hydrogen-bond donors (Lipinski definition) is 0. The number of aromatic nitrogens is 3. The lowest BCUT2D eigenvalue weighted by Crippen LogP contribution is -2.15. The molecule has 0 aliphatic carbocycles. The second-order valence-corrected chi connectivity index (χ2v) is 5.18. The van der Waals surface area contributed by atoms with Gasteiger partial charge in [-0.25, -0.2) is 0 Å². The van der Waals surface area contributed by atoms with Gasteiger partial charge in [-0.1, -0.05) is 25.1 Å². The van der Waals surface area contributed by atoms with Crippen LogP contribution in [0.4, 0.5) is 0 Å². The molecule has 3 aromatic rings. The Kier molecular flexibility index (Phi) is 3.63. The lowest BCUT2D eigenvalue weighted by Gasteiger charge is -2.08. The standard InChI is InChI=1S/C17H17N3O2/c1-4-14-18-19-16(22-14)15-11(2)10-12(3)20(15)17(21)13-8-6-5-7-9-13/h5-10H,4H2,1-3H3. The maximum absolute atomic E-state index is 12.8. The molecule has 0 saturated carbocycles. The Balaban J connectivity index is 2.14. The third-order valence-corrected chi connectivity index (χ3v) is 3.57. The Morgan fingerprint density at radius 1 is 1.18 bits per heavy atom. The summed E-state index contributed by atoms with van der Waals surface area (Å²) in [5, 5.41) is 8.07. The lowest BCUT2D eigenvalue weighted by atomic mass is 10.2. The van der Waals surface area contributed by atoms with E-state index in [2.05, 4.69) is 10.2 Å². The minimum Gasteiger partial charge on any atom is -0.419 e. The monoisotopic (exact) mass is 295 g/mol. The molecule has 22 heavy (non-hydrogen) atoms. The molecule has 0 bridgehead atoms. The van der Waals surface area contributed by atoms with E-state index in [4.69, 9.17) is 4.42 Å². The molecule has 0 spiro atoms. The molecule has 2 heterocycles. The fourth-order valence-electron chi connectivity index (χ4n) is 2.53. The largest absolute Gasteiger partial charge is 0.419 e. The van der Waals surface area contributed by atoms with Gasteiger partial charge in [-0.3, -0.25) is 9.36 Å². The number of carbonyl (C=O) groups excluding carboxylic acids is 1. The topological polar surface area (TPSA) is 60.9 Å². The highest BCUT2D eigenvalue weighted by atomic mass is 16.4. The molecule has 0 unspecified atom stereocenters. The molecule has 5 nitrogen and oxygen atoms in total. The minimum absolute atomic E-state index is 0.0996. The van der Waals surface area contributed by atoms with Crippen molar-refractivity contribution < 1.29 is 9.21 Å². The summed E-state index contributed by atoms with van der Waals surface area (Å²) in [6, 6.07) is 11.1. The zero-order valence-corrected chi connectivity index (χ0v) is 12.8. The van der Waals surface area contributed by atoms with Crippen LogP contribution < -0.4 is 0 Å². The minimum atomic E-state index is -0.0996. The van der Waals surface area contributed by atoms with Crippen LogP contribution in [0, 0.1) is 13.8 Å². The molecule has 3 rings (SSSR count). The van der Waals surface area contributed by atoms with Crippen LogP contribution in [0.1, 0.15) is 34.4 Å².